The molecule has 0 radical (unpaired) electrons. The van der Waals surface area contributed by atoms with Crippen LogP contribution < -0.4 is 10.1 Å². The predicted octanol–water partition coefficient (Wildman–Crippen LogP) is 5.22. The molecule has 0 saturated carbocycles. The van der Waals surface area contributed by atoms with Crippen molar-refractivity contribution >= 4 is 39.0 Å². The molecule has 0 aliphatic rings. The minimum absolute atomic E-state index is 0.599. The standard InChI is InChI=1S/C20H18BrN5O.2C2HF3O2/c21-16-10-18-20(24-13-16)26-19(25-18)15-3-5-17(6-4-15)27-9-8-23-12-14-2-1-7-22-11-14;2*3-2(4,5)1(6)7/h1-7,10-11,13,23H,8-9,12H2,(H,24,25,26);2*(H,6,7). The Morgan fingerprint density at radius 3 is 2.12 bits per heavy atom. The van der Waals surface area contributed by atoms with E-state index >= 15 is 0 Å². The number of H-pyrrole nitrogens is 1. The second kappa shape index (κ2) is 14.9. The molecule has 4 rings (SSSR count). The van der Waals surface area contributed by atoms with Crippen LogP contribution in [0.5, 0.6) is 5.75 Å². The third-order valence-electron chi connectivity index (χ3n) is 4.52. The van der Waals surface area contributed by atoms with Gasteiger partial charge < -0.3 is 25.3 Å². The first-order valence-electron chi connectivity index (χ1n) is 11.1. The summed E-state index contributed by atoms with van der Waals surface area (Å²) in [6.45, 7) is 2.15. The Labute approximate surface area is 235 Å². The summed E-state index contributed by atoms with van der Waals surface area (Å²) in [5.74, 6) is -3.89. The molecule has 0 aliphatic heterocycles. The lowest BCUT2D eigenvalue weighted by Gasteiger charge is -2.08. The number of hydrogen-bond donors (Lipinski definition) is 4. The van der Waals surface area contributed by atoms with E-state index in [-0.39, 0.29) is 0 Å². The van der Waals surface area contributed by atoms with Crippen LogP contribution in [-0.2, 0) is 16.1 Å². The van der Waals surface area contributed by atoms with Gasteiger partial charge in [0.25, 0.3) is 0 Å². The average Bonchev–Trinajstić information content (AvgIpc) is 3.32. The van der Waals surface area contributed by atoms with Crippen molar-refractivity contribution in [1.29, 1.82) is 0 Å². The summed E-state index contributed by atoms with van der Waals surface area (Å²) in [6, 6.07) is 13.8. The number of nitrogens with one attached hydrogen (secondary N) is 2. The molecule has 3 heterocycles. The fourth-order valence-electron chi connectivity index (χ4n) is 2.69. The number of carboxylic acids is 2. The first-order chi connectivity index (χ1) is 19.2. The molecule has 0 spiro atoms. The summed E-state index contributed by atoms with van der Waals surface area (Å²) in [7, 11) is 0. The fourth-order valence-corrected chi connectivity index (χ4v) is 3.01. The minimum Gasteiger partial charge on any atom is -0.492 e. The molecule has 4 N–H and O–H groups in total. The van der Waals surface area contributed by atoms with Crippen molar-refractivity contribution in [2.45, 2.75) is 18.9 Å². The zero-order chi connectivity index (χ0) is 30.6. The van der Waals surface area contributed by atoms with E-state index in [1.165, 1.54) is 0 Å². The quantitative estimate of drug-likeness (QED) is 0.156. The number of carboxylic acid groups (broad SMARTS) is 2. The van der Waals surface area contributed by atoms with Crippen molar-refractivity contribution in [3.8, 4) is 17.1 Å². The van der Waals surface area contributed by atoms with Gasteiger partial charge in [0.1, 0.15) is 23.7 Å². The molecule has 0 unspecified atom stereocenters. The number of nitrogens with zero attached hydrogens (tertiary/aromatic N) is 3. The number of carbonyl (C=O) groups is 2. The van der Waals surface area contributed by atoms with E-state index in [2.05, 4.69) is 41.2 Å². The lowest BCUT2D eigenvalue weighted by Crippen LogP contribution is -2.21. The Morgan fingerprint density at radius 1 is 0.976 bits per heavy atom. The second-order valence-electron chi connectivity index (χ2n) is 7.62. The van der Waals surface area contributed by atoms with E-state index < -0.39 is 24.3 Å². The van der Waals surface area contributed by atoms with Gasteiger partial charge in [-0.1, -0.05) is 6.07 Å². The maximum absolute atomic E-state index is 10.6. The lowest BCUT2D eigenvalue weighted by molar-refractivity contribution is -0.193. The van der Waals surface area contributed by atoms with Gasteiger partial charge in [0, 0.05) is 41.7 Å². The first-order valence-corrected chi connectivity index (χ1v) is 11.9. The molecule has 1 aromatic carbocycles. The highest BCUT2D eigenvalue weighted by atomic mass is 79.9. The highest BCUT2D eigenvalue weighted by Gasteiger charge is 2.38. The van der Waals surface area contributed by atoms with E-state index in [4.69, 9.17) is 24.5 Å². The van der Waals surface area contributed by atoms with Crippen LogP contribution in [0.15, 0.2) is 65.5 Å². The summed E-state index contributed by atoms with van der Waals surface area (Å²) in [5, 5.41) is 17.6. The normalized spacial score (nSPS) is 11.1. The Balaban J connectivity index is 0.000000349. The van der Waals surface area contributed by atoms with Gasteiger partial charge in [0.05, 0.1) is 0 Å². The highest BCUT2D eigenvalue weighted by Crippen LogP contribution is 2.23. The van der Waals surface area contributed by atoms with Crippen molar-refractivity contribution < 1.29 is 50.9 Å². The monoisotopic (exact) mass is 651 g/mol. The van der Waals surface area contributed by atoms with Crippen molar-refractivity contribution in [2.24, 2.45) is 0 Å². The third kappa shape index (κ3) is 11.8. The fraction of sp³-hybridized carbons (Fsp3) is 0.208. The van der Waals surface area contributed by atoms with Crippen LogP contribution in [0.2, 0.25) is 0 Å². The molecule has 220 valence electrons. The number of pyridine rings is 2. The molecule has 0 amide bonds. The van der Waals surface area contributed by atoms with Crippen molar-refractivity contribution in [1.82, 2.24) is 25.3 Å². The minimum atomic E-state index is -5.08. The van der Waals surface area contributed by atoms with Crippen LogP contribution in [0.3, 0.4) is 0 Å². The molecule has 0 saturated heterocycles. The van der Waals surface area contributed by atoms with Crippen molar-refractivity contribution in [2.75, 3.05) is 13.2 Å². The summed E-state index contributed by atoms with van der Waals surface area (Å²) in [5.41, 5.74) is 3.76. The van der Waals surface area contributed by atoms with E-state index in [1.54, 1.807) is 12.4 Å². The van der Waals surface area contributed by atoms with Crippen LogP contribution in [0.25, 0.3) is 22.6 Å². The summed E-state index contributed by atoms with van der Waals surface area (Å²) in [4.78, 5) is 34.0. The Hall–Kier alpha value is -4.25. The zero-order valence-corrected chi connectivity index (χ0v) is 22.1. The third-order valence-corrected chi connectivity index (χ3v) is 4.95. The van der Waals surface area contributed by atoms with Crippen molar-refractivity contribution in [3.05, 3.63) is 71.1 Å². The van der Waals surface area contributed by atoms with Crippen molar-refractivity contribution in [3.63, 3.8) is 0 Å². The van der Waals surface area contributed by atoms with Gasteiger partial charge in [-0.2, -0.15) is 26.3 Å². The van der Waals surface area contributed by atoms with Gasteiger partial charge >= 0.3 is 24.3 Å². The predicted molar refractivity (Wildman–Crippen MR) is 136 cm³/mol. The van der Waals surface area contributed by atoms with E-state index in [1.807, 2.05) is 48.7 Å². The molecule has 0 aliphatic carbocycles. The molecule has 0 bridgehead atoms. The number of rotatable bonds is 7. The smallest absolute Gasteiger partial charge is 0.490 e. The number of fused-ring (bicyclic) bond motifs is 1. The molecule has 0 atom stereocenters. The van der Waals surface area contributed by atoms with E-state index in [9.17, 15) is 26.3 Å². The number of ether oxygens (including phenoxy) is 1. The van der Waals surface area contributed by atoms with E-state index in [0.717, 1.165) is 51.4 Å². The molecule has 17 heteroatoms. The molecule has 0 fully saturated rings. The van der Waals surface area contributed by atoms with Gasteiger partial charge in [0.15, 0.2) is 5.65 Å². The number of benzene rings is 1. The van der Waals surface area contributed by atoms with Gasteiger partial charge in [-0.15, -0.1) is 0 Å². The number of halogens is 7. The molecule has 10 nitrogen and oxygen atoms in total. The Bertz CT molecular complexity index is 1390. The lowest BCUT2D eigenvalue weighted by atomic mass is 10.2. The van der Waals surface area contributed by atoms with Crippen LogP contribution >= 0.6 is 15.9 Å². The number of aromatic amines is 1. The SMILES string of the molecule is Brc1cnc2[nH]c(-c3ccc(OCCNCc4cccnc4)cc3)nc2c1.O=C(O)C(F)(F)F.O=C(O)C(F)(F)F. The molecule has 3 aromatic heterocycles. The number of hydrogen-bond acceptors (Lipinski definition) is 7. The first kappa shape index (κ1) is 33.0. The Morgan fingerprint density at radius 2 is 1.59 bits per heavy atom. The van der Waals surface area contributed by atoms with Crippen LogP contribution in [0.1, 0.15) is 5.56 Å². The van der Waals surface area contributed by atoms with Gasteiger partial charge in [-0.05, 0) is 57.9 Å². The zero-order valence-electron chi connectivity index (χ0n) is 20.5. The molecule has 41 heavy (non-hydrogen) atoms. The summed E-state index contributed by atoms with van der Waals surface area (Å²) >= 11 is 3.41. The van der Waals surface area contributed by atoms with Crippen LogP contribution in [0, 0.1) is 0 Å². The van der Waals surface area contributed by atoms with Gasteiger partial charge in [-0.25, -0.2) is 19.6 Å². The molecular weight excluding hydrogens is 632 g/mol. The van der Waals surface area contributed by atoms with Crippen LogP contribution in [0.4, 0.5) is 26.3 Å². The number of imidazole rings is 1. The maximum atomic E-state index is 10.6. The van der Waals surface area contributed by atoms with Gasteiger partial charge in [0.2, 0.25) is 0 Å². The Kier molecular flexibility index (Phi) is 12.0. The molecular formula is C24H20BrF6N5O5. The number of alkyl halides is 6. The second-order valence-corrected chi connectivity index (χ2v) is 8.54. The van der Waals surface area contributed by atoms with Crippen LogP contribution in [-0.4, -0.2) is 67.6 Å². The highest BCUT2D eigenvalue weighted by molar-refractivity contribution is 9.10. The van der Waals surface area contributed by atoms with Gasteiger partial charge in [-0.3, -0.25) is 4.98 Å². The number of aromatic nitrogens is 4. The summed E-state index contributed by atoms with van der Waals surface area (Å²) < 4.78 is 70.2. The maximum Gasteiger partial charge on any atom is 0.490 e. The number of aliphatic carboxylic acids is 2. The average molecular weight is 652 g/mol. The summed E-state index contributed by atoms with van der Waals surface area (Å²) in [6.07, 6.45) is -4.78. The van der Waals surface area contributed by atoms with E-state index in [0.29, 0.717) is 6.61 Å². The largest absolute Gasteiger partial charge is 0.492 e. The topological polar surface area (TPSA) is 150 Å². The molecule has 4 aromatic rings.